The minimum atomic E-state index is 0.00115. The summed E-state index contributed by atoms with van der Waals surface area (Å²) in [6.45, 7) is 2.95. The summed E-state index contributed by atoms with van der Waals surface area (Å²) in [6, 6.07) is 9.77. The standard InChI is InChI=1S/C18H21BrN4O/c1-2-15-8-3-4-11-23(15)17(24)16-9-10-20-18(22-16)21-14-7-5-6-13(19)12-14/h5-7,9-10,12,15H,2-4,8,11H2,1H3,(H,20,21,22). The van der Waals surface area contributed by atoms with Crippen LogP contribution in [0.5, 0.6) is 0 Å². The van der Waals surface area contributed by atoms with Gasteiger partial charge < -0.3 is 10.2 Å². The molecule has 0 radical (unpaired) electrons. The van der Waals surface area contributed by atoms with Crippen LogP contribution in [0.15, 0.2) is 41.0 Å². The molecule has 1 unspecified atom stereocenters. The average Bonchev–Trinajstić information content (AvgIpc) is 2.61. The van der Waals surface area contributed by atoms with Gasteiger partial charge >= 0.3 is 0 Å². The molecular formula is C18H21BrN4O. The van der Waals surface area contributed by atoms with Gasteiger partial charge in [0, 0.05) is 28.9 Å². The van der Waals surface area contributed by atoms with Crippen LogP contribution in [-0.4, -0.2) is 33.4 Å². The first-order valence-corrected chi connectivity index (χ1v) is 9.13. The smallest absolute Gasteiger partial charge is 0.272 e. The van der Waals surface area contributed by atoms with E-state index in [1.165, 1.54) is 6.42 Å². The van der Waals surface area contributed by atoms with Gasteiger partial charge in [0.25, 0.3) is 5.91 Å². The number of hydrogen-bond donors (Lipinski definition) is 1. The van der Waals surface area contributed by atoms with Gasteiger partial charge in [-0.1, -0.05) is 28.9 Å². The number of hydrogen-bond acceptors (Lipinski definition) is 4. The van der Waals surface area contributed by atoms with Gasteiger partial charge in [-0.25, -0.2) is 9.97 Å². The second kappa shape index (κ2) is 7.75. The monoisotopic (exact) mass is 388 g/mol. The third kappa shape index (κ3) is 3.93. The van der Waals surface area contributed by atoms with Crippen molar-refractivity contribution < 1.29 is 4.79 Å². The van der Waals surface area contributed by atoms with Gasteiger partial charge in [0.1, 0.15) is 5.69 Å². The molecule has 1 atom stereocenters. The predicted molar refractivity (Wildman–Crippen MR) is 98.4 cm³/mol. The highest BCUT2D eigenvalue weighted by Gasteiger charge is 2.27. The molecule has 2 heterocycles. The Kier molecular flexibility index (Phi) is 5.45. The molecule has 0 aliphatic carbocycles. The largest absolute Gasteiger partial charge is 0.334 e. The molecule has 126 valence electrons. The van der Waals surface area contributed by atoms with Gasteiger partial charge in [-0.3, -0.25) is 4.79 Å². The average molecular weight is 389 g/mol. The van der Waals surface area contributed by atoms with E-state index in [4.69, 9.17) is 0 Å². The topological polar surface area (TPSA) is 58.1 Å². The first-order chi connectivity index (χ1) is 11.7. The van der Waals surface area contributed by atoms with E-state index in [0.717, 1.165) is 36.0 Å². The minimum Gasteiger partial charge on any atom is -0.334 e. The number of nitrogens with zero attached hydrogens (tertiary/aromatic N) is 3. The summed E-state index contributed by atoms with van der Waals surface area (Å²) in [5.41, 5.74) is 1.32. The summed E-state index contributed by atoms with van der Waals surface area (Å²) in [5, 5.41) is 3.15. The maximum Gasteiger partial charge on any atom is 0.272 e. The fourth-order valence-corrected chi connectivity index (χ4v) is 3.47. The van der Waals surface area contributed by atoms with Crippen molar-refractivity contribution in [3.8, 4) is 0 Å². The number of halogens is 1. The zero-order chi connectivity index (χ0) is 16.9. The van der Waals surface area contributed by atoms with Crippen LogP contribution in [-0.2, 0) is 0 Å². The second-order valence-electron chi connectivity index (χ2n) is 5.96. The minimum absolute atomic E-state index is 0.00115. The lowest BCUT2D eigenvalue weighted by atomic mass is 9.99. The molecule has 5 nitrogen and oxygen atoms in total. The Morgan fingerprint density at radius 3 is 3.04 bits per heavy atom. The number of benzene rings is 1. The Morgan fingerprint density at radius 1 is 1.38 bits per heavy atom. The van der Waals surface area contributed by atoms with Crippen molar-refractivity contribution in [2.45, 2.75) is 38.6 Å². The molecule has 3 rings (SSSR count). The lowest BCUT2D eigenvalue weighted by molar-refractivity contribution is 0.0602. The number of anilines is 2. The molecule has 1 saturated heterocycles. The van der Waals surface area contributed by atoms with Gasteiger partial charge in [-0.15, -0.1) is 0 Å². The molecule has 1 aromatic heterocycles. The van der Waals surface area contributed by atoms with Crippen LogP contribution in [0.2, 0.25) is 0 Å². The summed E-state index contributed by atoms with van der Waals surface area (Å²) >= 11 is 3.44. The predicted octanol–water partition coefficient (Wildman–Crippen LogP) is 4.39. The highest BCUT2D eigenvalue weighted by Crippen LogP contribution is 2.22. The number of aromatic nitrogens is 2. The zero-order valence-electron chi connectivity index (χ0n) is 13.7. The van der Waals surface area contributed by atoms with E-state index < -0.39 is 0 Å². The Hall–Kier alpha value is -1.95. The van der Waals surface area contributed by atoms with Crippen molar-refractivity contribution in [2.75, 3.05) is 11.9 Å². The Labute approximate surface area is 150 Å². The zero-order valence-corrected chi connectivity index (χ0v) is 15.3. The number of amides is 1. The van der Waals surface area contributed by atoms with Crippen molar-refractivity contribution in [1.29, 1.82) is 0 Å². The van der Waals surface area contributed by atoms with Gasteiger partial charge in [0.2, 0.25) is 5.95 Å². The van der Waals surface area contributed by atoms with Crippen LogP contribution >= 0.6 is 15.9 Å². The lowest BCUT2D eigenvalue weighted by Crippen LogP contribution is -2.43. The fourth-order valence-electron chi connectivity index (χ4n) is 3.07. The molecule has 6 heteroatoms. The SMILES string of the molecule is CCC1CCCCN1C(=O)c1ccnc(Nc2cccc(Br)c2)n1. The highest BCUT2D eigenvalue weighted by molar-refractivity contribution is 9.10. The number of carbonyl (C=O) groups excluding carboxylic acids is 1. The molecular weight excluding hydrogens is 368 g/mol. The number of likely N-dealkylation sites (tertiary alicyclic amines) is 1. The van der Waals surface area contributed by atoms with Crippen molar-refractivity contribution in [1.82, 2.24) is 14.9 Å². The van der Waals surface area contributed by atoms with Gasteiger partial charge in [-0.2, -0.15) is 0 Å². The van der Waals surface area contributed by atoms with E-state index in [-0.39, 0.29) is 5.91 Å². The first kappa shape index (κ1) is 16.9. The van der Waals surface area contributed by atoms with E-state index >= 15 is 0 Å². The molecule has 1 amide bonds. The van der Waals surface area contributed by atoms with Crippen molar-refractivity contribution in [3.05, 3.63) is 46.7 Å². The Balaban J connectivity index is 1.78. The van der Waals surface area contributed by atoms with Crippen LogP contribution in [0.1, 0.15) is 43.1 Å². The fraction of sp³-hybridized carbons (Fsp3) is 0.389. The van der Waals surface area contributed by atoms with E-state index in [2.05, 4.69) is 38.1 Å². The van der Waals surface area contributed by atoms with Crippen LogP contribution in [0, 0.1) is 0 Å². The molecule has 0 saturated carbocycles. The van der Waals surface area contributed by atoms with Crippen LogP contribution in [0.4, 0.5) is 11.6 Å². The summed E-state index contributed by atoms with van der Waals surface area (Å²) < 4.78 is 0.971. The molecule has 1 aromatic carbocycles. The normalized spacial score (nSPS) is 17.6. The molecule has 24 heavy (non-hydrogen) atoms. The number of nitrogens with one attached hydrogen (secondary N) is 1. The van der Waals surface area contributed by atoms with E-state index in [0.29, 0.717) is 17.7 Å². The molecule has 1 aliphatic heterocycles. The summed E-state index contributed by atoms with van der Waals surface area (Å²) in [6.07, 6.45) is 5.96. The quantitative estimate of drug-likeness (QED) is 0.843. The molecule has 2 aromatic rings. The van der Waals surface area contributed by atoms with Crippen LogP contribution < -0.4 is 5.32 Å². The van der Waals surface area contributed by atoms with Crippen LogP contribution in [0.25, 0.3) is 0 Å². The van der Waals surface area contributed by atoms with Gasteiger partial charge in [-0.05, 0) is 49.9 Å². The van der Waals surface area contributed by atoms with Crippen molar-refractivity contribution in [2.24, 2.45) is 0 Å². The molecule has 0 bridgehead atoms. The molecule has 0 spiro atoms. The van der Waals surface area contributed by atoms with Crippen LogP contribution in [0.3, 0.4) is 0 Å². The summed E-state index contributed by atoms with van der Waals surface area (Å²) in [7, 11) is 0. The van der Waals surface area contributed by atoms with E-state index in [9.17, 15) is 4.79 Å². The molecule has 1 aliphatic rings. The molecule has 1 N–H and O–H groups in total. The maximum absolute atomic E-state index is 12.8. The third-order valence-electron chi connectivity index (χ3n) is 4.31. The Morgan fingerprint density at radius 2 is 2.25 bits per heavy atom. The summed E-state index contributed by atoms with van der Waals surface area (Å²) in [5.74, 6) is 0.435. The third-order valence-corrected chi connectivity index (χ3v) is 4.81. The van der Waals surface area contributed by atoms with E-state index in [1.807, 2.05) is 29.2 Å². The van der Waals surface area contributed by atoms with Crippen molar-refractivity contribution >= 4 is 33.5 Å². The Bertz CT molecular complexity index is 722. The number of carbonyl (C=O) groups is 1. The van der Waals surface area contributed by atoms with E-state index in [1.54, 1.807) is 12.3 Å². The lowest BCUT2D eigenvalue weighted by Gasteiger charge is -2.35. The maximum atomic E-state index is 12.8. The van der Waals surface area contributed by atoms with Gasteiger partial charge in [0.05, 0.1) is 0 Å². The second-order valence-corrected chi connectivity index (χ2v) is 6.87. The molecule has 1 fully saturated rings. The highest BCUT2D eigenvalue weighted by atomic mass is 79.9. The van der Waals surface area contributed by atoms with Crippen molar-refractivity contribution in [3.63, 3.8) is 0 Å². The van der Waals surface area contributed by atoms with Gasteiger partial charge in [0.15, 0.2) is 0 Å². The number of rotatable bonds is 4. The summed E-state index contributed by atoms with van der Waals surface area (Å²) in [4.78, 5) is 23.4. The first-order valence-electron chi connectivity index (χ1n) is 8.34. The number of piperidine rings is 1.